The van der Waals surface area contributed by atoms with E-state index in [0.29, 0.717) is 6.42 Å². The topological polar surface area (TPSA) is 35.5 Å². The Hall–Kier alpha value is -1.51. The van der Waals surface area contributed by atoms with Gasteiger partial charge in [-0.2, -0.15) is 0 Å². The first-order chi connectivity index (χ1) is 8.53. The molecule has 1 unspecified atom stereocenters. The number of aryl methyl sites for hydroxylation is 2. The second-order valence-corrected chi connectivity index (χ2v) is 4.56. The quantitative estimate of drug-likeness (QED) is 0.752. The van der Waals surface area contributed by atoms with E-state index < -0.39 is 0 Å². The van der Waals surface area contributed by atoms with Crippen LogP contribution < -0.4 is 4.74 Å². The molecule has 0 amide bonds. The third-order valence-electron chi connectivity index (χ3n) is 3.36. The molecule has 0 saturated carbocycles. The number of hydrogen-bond donors (Lipinski definition) is 0. The molecule has 1 aromatic rings. The number of methoxy groups -OCH3 is 2. The van der Waals surface area contributed by atoms with Gasteiger partial charge in [0.1, 0.15) is 5.75 Å². The van der Waals surface area contributed by atoms with Gasteiger partial charge in [-0.3, -0.25) is 4.79 Å². The van der Waals surface area contributed by atoms with Gasteiger partial charge < -0.3 is 9.47 Å². The first-order valence-electron chi connectivity index (χ1n) is 6.25. The van der Waals surface area contributed by atoms with E-state index in [1.54, 1.807) is 7.11 Å². The summed E-state index contributed by atoms with van der Waals surface area (Å²) < 4.78 is 10.1. The van der Waals surface area contributed by atoms with Crippen molar-refractivity contribution in [2.24, 2.45) is 0 Å². The Morgan fingerprint density at radius 2 is 1.89 bits per heavy atom. The van der Waals surface area contributed by atoms with Crippen LogP contribution >= 0.6 is 0 Å². The first kappa shape index (κ1) is 14.6. The van der Waals surface area contributed by atoms with Gasteiger partial charge >= 0.3 is 5.97 Å². The highest BCUT2D eigenvalue weighted by Crippen LogP contribution is 2.31. The smallest absolute Gasteiger partial charge is 0.306 e. The standard InChI is InChI=1S/C15H22O3/c1-6-12(9-15(16)18-5)13-7-11(3)14(17-4)8-10(13)2/h7-8,12H,6,9H2,1-5H3. The summed E-state index contributed by atoms with van der Waals surface area (Å²) in [6, 6.07) is 4.15. The van der Waals surface area contributed by atoms with Crippen molar-refractivity contribution in [3.63, 3.8) is 0 Å². The molecule has 18 heavy (non-hydrogen) atoms. The summed E-state index contributed by atoms with van der Waals surface area (Å²) in [4.78, 5) is 11.4. The molecular formula is C15H22O3. The second kappa shape index (κ2) is 6.43. The van der Waals surface area contributed by atoms with Crippen LogP contribution in [0.1, 0.15) is 42.4 Å². The molecule has 0 spiro atoms. The van der Waals surface area contributed by atoms with E-state index >= 15 is 0 Å². The number of rotatable bonds is 5. The second-order valence-electron chi connectivity index (χ2n) is 4.56. The van der Waals surface area contributed by atoms with Crippen LogP contribution in [-0.2, 0) is 9.53 Å². The molecule has 0 aliphatic carbocycles. The average molecular weight is 250 g/mol. The van der Waals surface area contributed by atoms with Crippen LogP contribution in [0, 0.1) is 13.8 Å². The van der Waals surface area contributed by atoms with Crippen molar-refractivity contribution in [2.75, 3.05) is 14.2 Å². The Morgan fingerprint density at radius 1 is 1.22 bits per heavy atom. The molecule has 0 aliphatic heterocycles. The number of carbonyl (C=O) groups excluding carboxylic acids is 1. The third kappa shape index (κ3) is 3.25. The summed E-state index contributed by atoms with van der Waals surface area (Å²) in [5.41, 5.74) is 3.47. The molecule has 1 rings (SSSR count). The largest absolute Gasteiger partial charge is 0.496 e. The zero-order valence-electron chi connectivity index (χ0n) is 11.9. The monoisotopic (exact) mass is 250 g/mol. The van der Waals surface area contributed by atoms with E-state index in [2.05, 4.69) is 19.9 Å². The Balaban J connectivity index is 3.06. The molecule has 0 heterocycles. The lowest BCUT2D eigenvalue weighted by atomic mass is 9.88. The summed E-state index contributed by atoms with van der Waals surface area (Å²) in [5, 5.41) is 0. The van der Waals surface area contributed by atoms with E-state index in [9.17, 15) is 4.79 Å². The predicted molar refractivity (Wildman–Crippen MR) is 72.1 cm³/mol. The van der Waals surface area contributed by atoms with Gasteiger partial charge in [0.15, 0.2) is 0 Å². The van der Waals surface area contributed by atoms with E-state index in [0.717, 1.165) is 23.3 Å². The molecule has 1 aromatic carbocycles. The summed E-state index contributed by atoms with van der Waals surface area (Å²) in [6.07, 6.45) is 1.35. The highest BCUT2D eigenvalue weighted by Gasteiger charge is 2.18. The fourth-order valence-corrected chi connectivity index (χ4v) is 2.23. The Kier molecular flexibility index (Phi) is 5.20. The highest BCUT2D eigenvalue weighted by molar-refractivity contribution is 5.70. The number of benzene rings is 1. The Morgan fingerprint density at radius 3 is 2.39 bits per heavy atom. The molecule has 0 aliphatic rings. The van der Waals surface area contributed by atoms with Crippen LogP contribution in [-0.4, -0.2) is 20.2 Å². The van der Waals surface area contributed by atoms with Gasteiger partial charge in [0.05, 0.1) is 20.6 Å². The zero-order chi connectivity index (χ0) is 13.7. The maximum atomic E-state index is 11.4. The lowest BCUT2D eigenvalue weighted by Gasteiger charge is -2.18. The summed E-state index contributed by atoms with van der Waals surface area (Å²) >= 11 is 0. The maximum Gasteiger partial charge on any atom is 0.306 e. The lowest BCUT2D eigenvalue weighted by molar-refractivity contribution is -0.141. The lowest BCUT2D eigenvalue weighted by Crippen LogP contribution is -2.09. The van der Waals surface area contributed by atoms with E-state index in [4.69, 9.17) is 9.47 Å². The third-order valence-corrected chi connectivity index (χ3v) is 3.36. The molecule has 0 saturated heterocycles. The van der Waals surface area contributed by atoms with Crippen LogP contribution in [0.25, 0.3) is 0 Å². The zero-order valence-corrected chi connectivity index (χ0v) is 11.9. The van der Waals surface area contributed by atoms with Crippen LogP contribution in [0.15, 0.2) is 12.1 Å². The normalized spacial score (nSPS) is 12.1. The molecule has 1 atom stereocenters. The minimum atomic E-state index is -0.158. The molecule has 0 fully saturated rings. The van der Waals surface area contributed by atoms with Crippen molar-refractivity contribution in [3.05, 3.63) is 28.8 Å². The van der Waals surface area contributed by atoms with Crippen molar-refractivity contribution in [2.45, 2.75) is 39.5 Å². The number of carbonyl (C=O) groups is 1. The van der Waals surface area contributed by atoms with Crippen LogP contribution in [0.4, 0.5) is 0 Å². The van der Waals surface area contributed by atoms with Gasteiger partial charge in [-0.1, -0.05) is 13.0 Å². The molecule has 0 bridgehead atoms. The van der Waals surface area contributed by atoms with Crippen LogP contribution in [0.5, 0.6) is 5.75 Å². The molecule has 100 valence electrons. The minimum absolute atomic E-state index is 0.158. The number of ether oxygens (including phenoxy) is 2. The average Bonchev–Trinajstić information content (AvgIpc) is 2.38. The van der Waals surface area contributed by atoms with Gasteiger partial charge in [0, 0.05) is 0 Å². The van der Waals surface area contributed by atoms with E-state index in [1.165, 1.54) is 12.7 Å². The van der Waals surface area contributed by atoms with Crippen LogP contribution in [0.2, 0.25) is 0 Å². The molecule has 3 nitrogen and oxygen atoms in total. The molecule has 0 radical (unpaired) electrons. The van der Waals surface area contributed by atoms with Gasteiger partial charge in [0.25, 0.3) is 0 Å². The molecule has 0 aromatic heterocycles. The summed E-state index contributed by atoms with van der Waals surface area (Å²) in [5.74, 6) is 0.945. The highest BCUT2D eigenvalue weighted by atomic mass is 16.5. The molecule has 0 N–H and O–H groups in total. The summed E-state index contributed by atoms with van der Waals surface area (Å²) in [6.45, 7) is 6.16. The predicted octanol–water partition coefficient (Wildman–Crippen LogP) is 3.37. The van der Waals surface area contributed by atoms with E-state index in [1.807, 2.05) is 13.0 Å². The Labute approximate surface area is 109 Å². The maximum absolute atomic E-state index is 11.4. The first-order valence-corrected chi connectivity index (χ1v) is 6.25. The van der Waals surface area contributed by atoms with Crippen LogP contribution in [0.3, 0.4) is 0 Å². The fraction of sp³-hybridized carbons (Fsp3) is 0.533. The van der Waals surface area contributed by atoms with Crippen molar-refractivity contribution in [3.8, 4) is 5.75 Å². The summed E-state index contributed by atoms with van der Waals surface area (Å²) in [7, 11) is 3.11. The number of esters is 1. The van der Waals surface area contributed by atoms with E-state index in [-0.39, 0.29) is 11.9 Å². The van der Waals surface area contributed by atoms with Crippen molar-refractivity contribution < 1.29 is 14.3 Å². The Bertz CT molecular complexity index is 424. The fourth-order valence-electron chi connectivity index (χ4n) is 2.23. The van der Waals surface area contributed by atoms with Gasteiger partial charge in [0.2, 0.25) is 0 Å². The van der Waals surface area contributed by atoms with Gasteiger partial charge in [-0.15, -0.1) is 0 Å². The molecular weight excluding hydrogens is 228 g/mol. The van der Waals surface area contributed by atoms with Crippen molar-refractivity contribution in [1.29, 1.82) is 0 Å². The van der Waals surface area contributed by atoms with Gasteiger partial charge in [-0.05, 0) is 48.9 Å². The van der Waals surface area contributed by atoms with Crippen molar-refractivity contribution in [1.82, 2.24) is 0 Å². The number of hydrogen-bond acceptors (Lipinski definition) is 3. The van der Waals surface area contributed by atoms with Gasteiger partial charge in [-0.25, -0.2) is 0 Å². The SMILES string of the molecule is CCC(CC(=O)OC)c1cc(C)c(OC)cc1C. The minimum Gasteiger partial charge on any atom is -0.496 e. The molecule has 3 heteroatoms. The van der Waals surface area contributed by atoms with Crippen molar-refractivity contribution >= 4 is 5.97 Å².